The number of carbonyl (C=O) groups is 6. The molecule has 13 nitrogen and oxygen atoms in total. The lowest BCUT2D eigenvalue weighted by atomic mass is 9.85. The van der Waals surface area contributed by atoms with Crippen molar-refractivity contribution in [1.29, 1.82) is 0 Å². The third kappa shape index (κ3) is 11.8. The van der Waals surface area contributed by atoms with Gasteiger partial charge in [-0.1, -0.05) is 48.5 Å². The Kier molecular flexibility index (Phi) is 13.5. The average Bonchev–Trinajstić information content (AvgIpc) is 3.23. The lowest BCUT2D eigenvalue weighted by Crippen LogP contribution is -2.62. The summed E-state index contributed by atoms with van der Waals surface area (Å²) in [6.45, 7) is 22.7. The molecule has 15 heteroatoms. The number of alkyl halides is 2. The van der Waals surface area contributed by atoms with Crippen molar-refractivity contribution in [3.05, 3.63) is 0 Å². The summed E-state index contributed by atoms with van der Waals surface area (Å²) < 4.78 is 37.9. The number of ether oxygens (including phenoxy) is 2. The molecule has 1 saturated carbocycles. The third-order valence-electron chi connectivity index (χ3n) is 8.86. The lowest BCUT2D eigenvalue weighted by Gasteiger charge is -2.38. The third-order valence-corrected chi connectivity index (χ3v) is 8.86. The summed E-state index contributed by atoms with van der Waals surface area (Å²) in [5.41, 5.74) is -2.73. The Bertz CT molecular complexity index is 1280. The van der Waals surface area contributed by atoms with E-state index < -0.39 is 89.3 Å². The fourth-order valence-electron chi connectivity index (χ4n) is 6.28. The zero-order valence-electron chi connectivity index (χ0n) is 31.9. The molecular formula is C35H59F2N5O8. The summed E-state index contributed by atoms with van der Waals surface area (Å²) in [5, 5.41) is 10.2. The van der Waals surface area contributed by atoms with Gasteiger partial charge in [0.15, 0.2) is 0 Å². The Labute approximate surface area is 295 Å². The second kappa shape index (κ2) is 15.8. The summed E-state index contributed by atoms with van der Waals surface area (Å²) in [5.74, 6) is -4.20. The first-order valence-electron chi connectivity index (χ1n) is 17.2. The number of carbonyl (C=O) groups excluding carboxylic acids is 6. The molecule has 0 bridgehead atoms. The van der Waals surface area contributed by atoms with Gasteiger partial charge in [0.25, 0.3) is 0 Å². The van der Waals surface area contributed by atoms with Crippen molar-refractivity contribution in [2.45, 2.75) is 145 Å². The lowest BCUT2D eigenvalue weighted by molar-refractivity contribution is -0.158. The van der Waals surface area contributed by atoms with Crippen LogP contribution in [0.2, 0.25) is 0 Å². The molecule has 0 aromatic rings. The van der Waals surface area contributed by atoms with E-state index in [0.717, 1.165) is 0 Å². The van der Waals surface area contributed by atoms with E-state index in [4.69, 9.17) is 9.47 Å². The van der Waals surface area contributed by atoms with Crippen LogP contribution in [0, 0.1) is 28.6 Å². The van der Waals surface area contributed by atoms with E-state index in [-0.39, 0.29) is 42.7 Å². The van der Waals surface area contributed by atoms with E-state index in [1.165, 1.54) is 4.90 Å². The van der Waals surface area contributed by atoms with Crippen molar-refractivity contribution < 1.29 is 47.0 Å². The highest BCUT2D eigenvalue weighted by molar-refractivity contribution is 5.96. The maximum Gasteiger partial charge on any atom is 0.329 e. The maximum atomic E-state index is 14.2. The molecule has 2 aliphatic rings. The minimum Gasteiger partial charge on any atom is -0.460 e. The van der Waals surface area contributed by atoms with Crippen LogP contribution < -0.4 is 21.3 Å². The number of urea groups is 1. The van der Waals surface area contributed by atoms with Crippen LogP contribution in [0.1, 0.15) is 103 Å². The predicted octanol–water partition coefficient (Wildman–Crippen LogP) is 3.54. The number of esters is 2. The van der Waals surface area contributed by atoms with Gasteiger partial charge in [0.05, 0.1) is 6.42 Å². The number of nitrogens with zero attached hydrogens (tertiary/aromatic N) is 1. The molecule has 1 saturated heterocycles. The summed E-state index contributed by atoms with van der Waals surface area (Å²) >= 11 is 0. The summed E-state index contributed by atoms with van der Waals surface area (Å²) in [6.07, 6.45) is -4.12. The Morgan fingerprint density at radius 1 is 0.860 bits per heavy atom. The number of piperidine rings is 1. The number of amides is 5. The van der Waals surface area contributed by atoms with Crippen LogP contribution in [-0.2, 0) is 33.4 Å². The predicted molar refractivity (Wildman–Crippen MR) is 182 cm³/mol. The normalized spacial score (nSPS) is 21.8. The molecular weight excluding hydrogens is 656 g/mol. The van der Waals surface area contributed by atoms with Crippen molar-refractivity contribution >= 4 is 35.7 Å². The highest BCUT2D eigenvalue weighted by Crippen LogP contribution is 2.65. The molecule has 6 atom stereocenters. The van der Waals surface area contributed by atoms with Gasteiger partial charge in [-0.15, -0.1) is 0 Å². The fraction of sp³-hybridized carbons (Fsp3) is 0.829. The van der Waals surface area contributed by atoms with Crippen LogP contribution in [0.25, 0.3) is 0 Å². The van der Waals surface area contributed by atoms with E-state index in [9.17, 15) is 37.5 Å². The second-order valence-corrected chi connectivity index (χ2v) is 17.4. The topological polar surface area (TPSA) is 172 Å². The number of rotatable bonds is 13. The molecule has 0 unspecified atom stereocenters. The number of likely N-dealkylation sites (tertiary alicyclic amines) is 1. The number of nitrogens with one attached hydrogen (secondary N) is 4. The summed E-state index contributed by atoms with van der Waals surface area (Å²) in [6, 6.07) is -5.68. The number of fused-ring (bicyclic) bond motifs is 1. The van der Waals surface area contributed by atoms with Crippen molar-refractivity contribution in [1.82, 2.24) is 26.2 Å². The van der Waals surface area contributed by atoms with Gasteiger partial charge >= 0.3 is 18.0 Å². The largest absolute Gasteiger partial charge is 0.460 e. The number of hydrogen-bond acceptors (Lipinski definition) is 8. The average molecular weight is 716 g/mol. The first kappa shape index (κ1) is 42.6. The summed E-state index contributed by atoms with van der Waals surface area (Å²) in [7, 11) is 0. The molecule has 5 amide bonds. The zero-order chi connectivity index (χ0) is 38.7. The van der Waals surface area contributed by atoms with E-state index in [0.29, 0.717) is 0 Å². The molecule has 0 radical (unpaired) electrons. The van der Waals surface area contributed by atoms with Gasteiger partial charge in [0, 0.05) is 19.5 Å². The Balaban J connectivity index is 2.26. The first-order chi connectivity index (χ1) is 22.6. The van der Waals surface area contributed by atoms with Crippen LogP contribution in [0.3, 0.4) is 0 Å². The molecule has 0 aromatic heterocycles. The van der Waals surface area contributed by atoms with E-state index in [1.807, 2.05) is 13.8 Å². The molecule has 2 rings (SSSR count). The van der Waals surface area contributed by atoms with Gasteiger partial charge in [-0.25, -0.2) is 18.4 Å². The van der Waals surface area contributed by atoms with Gasteiger partial charge in [-0.3, -0.25) is 19.2 Å². The van der Waals surface area contributed by atoms with E-state index in [2.05, 4.69) is 21.3 Å². The molecule has 2 fully saturated rings. The Hall–Kier alpha value is -3.52. The molecule has 4 N–H and O–H groups in total. The van der Waals surface area contributed by atoms with Crippen LogP contribution in [-0.4, -0.2) is 95.5 Å². The molecule has 0 spiro atoms. The van der Waals surface area contributed by atoms with Crippen LogP contribution in [0.15, 0.2) is 0 Å². The first-order valence-corrected chi connectivity index (χ1v) is 17.2. The van der Waals surface area contributed by atoms with Crippen molar-refractivity contribution in [2.75, 3.05) is 13.1 Å². The minimum atomic E-state index is -2.94. The second-order valence-electron chi connectivity index (χ2n) is 17.4. The number of halogens is 2. The highest BCUT2D eigenvalue weighted by atomic mass is 19.3. The molecule has 1 aliphatic carbocycles. The van der Waals surface area contributed by atoms with Crippen molar-refractivity contribution in [3.63, 3.8) is 0 Å². The van der Waals surface area contributed by atoms with E-state index in [1.54, 1.807) is 76.2 Å². The Morgan fingerprint density at radius 2 is 1.42 bits per heavy atom. The zero-order valence-corrected chi connectivity index (χ0v) is 31.9. The smallest absolute Gasteiger partial charge is 0.329 e. The molecule has 1 heterocycles. The van der Waals surface area contributed by atoms with Gasteiger partial charge in [-0.05, 0) is 70.1 Å². The van der Waals surface area contributed by atoms with E-state index >= 15 is 0 Å². The molecule has 50 heavy (non-hydrogen) atoms. The molecule has 1 aliphatic heterocycles. The highest BCUT2D eigenvalue weighted by Gasteiger charge is 2.70. The van der Waals surface area contributed by atoms with Crippen LogP contribution in [0.4, 0.5) is 13.6 Å². The Morgan fingerprint density at radius 3 is 1.90 bits per heavy atom. The quantitative estimate of drug-likeness (QED) is 0.210. The summed E-state index contributed by atoms with van der Waals surface area (Å²) in [4.78, 5) is 80.6. The van der Waals surface area contributed by atoms with Gasteiger partial charge in [-0.2, -0.15) is 0 Å². The van der Waals surface area contributed by atoms with Crippen LogP contribution in [0.5, 0.6) is 0 Å². The van der Waals surface area contributed by atoms with Gasteiger partial charge in [0.1, 0.15) is 35.4 Å². The van der Waals surface area contributed by atoms with Crippen molar-refractivity contribution in [2.24, 2.45) is 28.6 Å². The standard InChI is InChI=1S/C35H59F2N5O8/c1-18(2)24(30(47)50-34(9,10)11)40-31(48)41-26(32(3,4)5)29(46)42-17-19-23(35(19,12)13)25(42)28(45)39-20(16-21(36)37)27(44)38-15-14-22(43)49-33(6,7)8/h18-21,23-26H,14-17H2,1-13H3,(H,38,44)(H,39,45)(H2,40,41,48)/t19-,20-,23-,24-,25-,26+/m0/s1. The van der Waals surface area contributed by atoms with Gasteiger partial charge < -0.3 is 35.6 Å². The monoisotopic (exact) mass is 715 g/mol. The maximum absolute atomic E-state index is 14.2. The van der Waals surface area contributed by atoms with Gasteiger partial charge in [0.2, 0.25) is 24.1 Å². The molecule has 0 aromatic carbocycles. The van der Waals surface area contributed by atoms with Crippen molar-refractivity contribution in [3.8, 4) is 0 Å². The number of hydrogen-bond donors (Lipinski definition) is 4. The fourth-order valence-corrected chi connectivity index (χ4v) is 6.28. The molecule has 286 valence electrons. The van der Waals surface area contributed by atoms with Crippen LogP contribution >= 0.6 is 0 Å². The SMILES string of the molecule is CC(C)[C@H](NC(=O)N[C@H](C(=O)N1C[C@H]2[C@@H]([C@H]1C(=O)N[C@@H](CC(F)F)C(=O)NCCC(=O)OC(C)(C)C)C2(C)C)C(C)(C)C)C(=O)OC(C)(C)C. The minimum absolute atomic E-state index is 0.0784.